The van der Waals surface area contributed by atoms with Crippen LogP contribution in [0, 0.1) is 12.7 Å². The summed E-state index contributed by atoms with van der Waals surface area (Å²) in [5, 5.41) is 3.38. The Kier molecular flexibility index (Phi) is 9.48. The van der Waals surface area contributed by atoms with Crippen molar-refractivity contribution < 1.29 is 22.4 Å². The van der Waals surface area contributed by atoms with Crippen molar-refractivity contribution in [1.82, 2.24) is 10.2 Å². The van der Waals surface area contributed by atoms with E-state index in [1.54, 1.807) is 50.2 Å². The van der Waals surface area contributed by atoms with Crippen LogP contribution in [0.1, 0.15) is 43.7 Å². The van der Waals surface area contributed by atoms with Gasteiger partial charge in [-0.3, -0.25) is 13.9 Å². The van der Waals surface area contributed by atoms with Crippen molar-refractivity contribution in [3.05, 3.63) is 94.8 Å². The summed E-state index contributed by atoms with van der Waals surface area (Å²) in [5.74, 6) is -1.33. The SMILES string of the molecule is Cc1c(Cl)cccc1N(CC(=O)N(Cc1ccc(F)cc1)[C@H](C)C(=O)NC1CCCC1)S(=O)(=O)c1ccccc1. The van der Waals surface area contributed by atoms with Crippen molar-refractivity contribution in [2.45, 2.75) is 63.1 Å². The molecule has 40 heavy (non-hydrogen) atoms. The molecule has 0 unspecified atom stereocenters. The van der Waals surface area contributed by atoms with Gasteiger partial charge in [0.05, 0.1) is 10.6 Å². The van der Waals surface area contributed by atoms with E-state index < -0.39 is 34.3 Å². The highest BCUT2D eigenvalue weighted by Crippen LogP contribution is 2.31. The van der Waals surface area contributed by atoms with Gasteiger partial charge in [-0.25, -0.2) is 12.8 Å². The van der Waals surface area contributed by atoms with E-state index in [0.717, 1.165) is 30.0 Å². The molecule has 0 heterocycles. The molecule has 1 atom stereocenters. The molecule has 0 saturated heterocycles. The van der Waals surface area contributed by atoms with E-state index in [0.29, 0.717) is 16.1 Å². The van der Waals surface area contributed by atoms with Gasteiger partial charge in [0.2, 0.25) is 11.8 Å². The van der Waals surface area contributed by atoms with Crippen molar-refractivity contribution in [2.75, 3.05) is 10.8 Å². The van der Waals surface area contributed by atoms with Crippen LogP contribution in [0.4, 0.5) is 10.1 Å². The lowest BCUT2D eigenvalue weighted by Crippen LogP contribution is -2.52. The number of hydrogen-bond donors (Lipinski definition) is 1. The smallest absolute Gasteiger partial charge is 0.264 e. The number of amides is 2. The molecule has 212 valence electrons. The molecule has 0 spiro atoms. The number of carbonyl (C=O) groups is 2. The van der Waals surface area contributed by atoms with Gasteiger partial charge >= 0.3 is 0 Å². The highest BCUT2D eigenvalue weighted by Gasteiger charge is 2.34. The average Bonchev–Trinajstić information content (AvgIpc) is 3.46. The number of hydrogen-bond acceptors (Lipinski definition) is 4. The van der Waals surface area contributed by atoms with E-state index in [1.807, 2.05) is 0 Å². The molecule has 0 aliphatic heterocycles. The van der Waals surface area contributed by atoms with Gasteiger partial charge < -0.3 is 10.2 Å². The first-order valence-electron chi connectivity index (χ1n) is 13.2. The number of rotatable bonds is 10. The number of carbonyl (C=O) groups excluding carboxylic acids is 2. The zero-order chi connectivity index (χ0) is 28.9. The standard InChI is InChI=1S/C30H33ClFN3O4S/c1-21-27(31)13-8-14-28(21)35(40(38,39)26-11-4-3-5-12-26)20-29(36)34(19-23-15-17-24(32)18-16-23)22(2)30(37)33-25-9-6-7-10-25/h3-5,8,11-18,22,25H,6-7,9-10,19-20H2,1-2H3,(H,33,37)/t22-/m1/s1. The Balaban J connectivity index is 1.70. The minimum absolute atomic E-state index is 0.00782. The molecule has 3 aromatic carbocycles. The number of benzene rings is 3. The summed E-state index contributed by atoms with van der Waals surface area (Å²) >= 11 is 6.35. The molecule has 3 aromatic rings. The number of halogens is 2. The van der Waals surface area contributed by atoms with E-state index in [4.69, 9.17) is 11.6 Å². The van der Waals surface area contributed by atoms with Gasteiger partial charge in [0.25, 0.3) is 10.0 Å². The fraction of sp³-hybridized carbons (Fsp3) is 0.333. The minimum Gasteiger partial charge on any atom is -0.352 e. The van der Waals surface area contributed by atoms with Crippen LogP contribution in [0.15, 0.2) is 77.7 Å². The average molecular weight is 586 g/mol. The number of nitrogens with one attached hydrogen (secondary N) is 1. The summed E-state index contributed by atoms with van der Waals surface area (Å²) in [4.78, 5) is 28.6. The monoisotopic (exact) mass is 585 g/mol. The second kappa shape index (κ2) is 12.8. The van der Waals surface area contributed by atoms with Crippen LogP contribution in [0.25, 0.3) is 0 Å². The van der Waals surface area contributed by atoms with Crippen molar-refractivity contribution in [3.8, 4) is 0 Å². The summed E-state index contributed by atoms with van der Waals surface area (Å²) in [7, 11) is -4.19. The predicted molar refractivity (Wildman–Crippen MR) is 154 cm³/mol. The van der Waals surface area contributed by atoms with Crippen LogP contribution in [-0.2, 0) is 26.2 Å². The van der Waals surface area contributed by atoms with E-state index >= 15 is 0 Å². The molecule has 7 nitrogen and oxygen atoms in total. The molecular formula is C30H33ClFN3O4S. The Labute approximate surface area is 240 Å². The summed E-state index contributed by atoms with van der Waals surface area (Å²) in [6.45, 7) is 2.72. The fourth-order valence-electron chi connectivity index (χ4n) is 4.86. The van der Waals surface area contributed by atoms with Gasteiger partial charge in [0.15, 0.2) is 0 Å². The van der Waals surface area contributed by atoms with Gasteiger partial charge in [-0.05, 0) is 74.2 Å². The van der Waals surface area contributed by atoms with Crippen LogP contribution in [-0.4, -0.2) is 43.8 Å². The van der Waals surface area contributed by atoms with Crippen molar-refractivity contribution in [2.24, 2.45) is 0 Å². The Morgan fingerprint density at radius 1 is 1.00 bits per heavy atom. The van der Waals surface area contributed by atoms with Crippen LogP contribution in [0.2, 0.25) is 5.02 Å². The Morgan fingerprint density at radius 2 is 1.65 bits per heavy atom. The van der Waals surface area contributed by atoms with Gasteiger partial charge in [-0.1, -0.05) is 60.8 Å². The van der Waals surface area contributed by atoms with Crippen LogP contribution < -0.4 is 9.62 Å². The minimum atomic E-state index is -4.19. The normalized spacial score (nSPS) is 14.5. The van der Waals surface area contributed by atoms with Gasteiger partial charge in [0.1, 0.15) is 18.4 Å². The van der Waals surface area contributed by atoms with Gasteiger partial charge in [-0.15, -0.1) is 0 Å². The van der Waals surface area contributed by atoms with E-state index in [2.05, 4.69) is 5.32 Å². The van der Waals surface area contributed by atoms with Crippen molar-refractivity contribution >= 4 is 39.1 Å². The molecule has 4 rings (SSSR count). The fourth-order valence-corrected chi connectivity index (χ4v) is 6.52. The lowest BCUT2D eigenvalue weighted by molar-refractivity contribution is -0.139. The maximum atomic E-state index is 14.0. The molecule has 2 amide bonds. The molecule has 1 aliphatic rings. The summed E-state index contributed by atoms with van der Waals surface area (Å²) < 4.78 is 42.4. The highest BCUT2D eigenvalue weighted by atomic mass is 35.5. The molecule has 1 fully saturated rings. The largest absolute Gasteiger partial charge is 0.352 e. The van der Waals surface area contributed by atoms with Gasteiger partial charge in [-0.2, -0.15) is 0 Å². The summed E-state index contributed by atoms with van der Waals surface area (Å²) in [5.41, 5.74) is 1.36. The first-order chi connectivity index (χ1) is 19.1. The molecule has 0 radical (unpaired) electrons. The number of sulfonamides is 1. The van der Waals surface area contributed by atoms with E-state index in [1.165, 1.54) is 41.3 Å². The number of anilines is 1. The summed E-state index contributed by atoms with van der Waals surface area (Å²) in [6.07, 6.45) is 3.81. The topological polar surface area (TPSA) is 86.8 Å². The summed E-state index contributed by atoms with van der Waals surface area (Å²) in [6, 6.07) is 17.5. The molecular weight excluding hydrogens is 553 g/mol. The van der Waals surface area contributed by atoms with Crippen molar-refractivity contribution in [1.29, 1.82) is 0 Å². The molecule has 10 heteroatoms. The zero-order valence-corrected chi connectivity index (χ0v) is 24.1. The zero-order valence-electron chi connectivity index (χ0n) is 22.5. The maximum Gasteiger partial charge on any atom is 0.264 e. The molecule has 0 aromatic heterocycles. The van der Waals surface area contributed by atoms with Crippen LogP contribution >= 0.6 is 11.6 Å². The Bertz CT molecular complexity index is 1450. The molecule has 0 bridgehead atoms. The third-order valence-electron chi connectivity index (χ3n) is 7.25. The molecule has 1 N–H and O–H groups in total. The third kappa shape index (κ3) is 6.82. The first-order valence-corrected chi connectivity index (χ1v) is 15.1. The predicted octanol–water partition coefficient (Wildman–Crippen LogP) is 5.46. The highest BCUT2D eigenvalue weighted by molar-refractivity contribution is 7.92. The lowest BCUT2D eigenvalue weighted by atomic mass is 10.1. The van der Waals surface area contributed by atoms with Gasteiger partial charge in [0, 0.05) is 17.6 Å². The van der Waals surface area contributed by atoms with E-state index in [-0.39, 0.29) is 29.1 Å². The van der Waals surface area contributed by atoms with Crippen LogP contribution in [0.3, 0.4) is 0 Å². The second-order valence-corrected chi connectivity index (χ2v) is 12.3. The van der Waals surface area contributed by atoms with E-state index in [9.17, 15) is 22.4 Å². The maximum absolute atomic E-state index is 14.0. The van der Waals surface area contributed by atoms with Crippen LogP contribution in [0.5, 0.6) is 0 Å². The Hall–Kier alpha value is -3.43. The molecule has 1 saturated carbocycles. The lowest BCUT2D eigenvalue weighted by Gasteiger charge is -2.33. The third-order valence-corrected chi connectivity index (χ3v) is 9.44. The molecule has 1 aliphatic carbocycles. The first kappa shape index (κ1) is 29.6. The van der Waals surface area contributed by atoms with Crippen molar-refractivity contribution in [3.63, 3.8) is 0 Å². The Morgan fingerprint density at radius 3 is 2.30 bits per heavy atom. The number of nitrogens with zero attached hydrogens (tertiary/aromatic N) is 2. The quantitative estimate of drug-likeness (QED) is 0.342. The second-order valence-electron chi connectivity index (χ2n) is 10.0.